The number of hydrogen-bond acceptors (Lipinski definition) is 1. The monoisotopic (exact) mass is 457 g/mol. The molecule has 3 aromatic carbocycles. The van der Waals surface area contributed by atoms with Crippen molar-refractivity contribution in [1.82, 2.24) is 9.13 Å². The first-order chi connectivity index (χ1) is 16.9. The van der Waals surface area contributed by atoms with E-state index in [-0.39, 0.29) is 5.41 Å². The molecule has 0 saturated heterocycles. The van der Waals surface area contributed by atoms with Gasteiger partial charge in [0.25, 0.3) is 0 Å². The minimum absolute atomic E-state index is 0.0601. The molecule has 1 aliphatic rings. The fraction of sp³-hybridized carbons (Fsp3) is 0.161. The number of aromatic nitrogens is 3. The molecule has 172 valence electrons. The minimum atomic E-state index is -0.0601. The molecule has 0 N–H and O–H groups in total. The number of allylic oxidation sites excluding steroid dienone is 3. The predicted octanol–water partition coefficient (Wildman–Crippen LogP) is 6.44. The summed E-state index contributed by atoms with van der Waals surface area (Å²) < 4.78 is 6.53. The molecule has 0 amide bonds. The highest BCUT2D eigenvalue weighted by molar-refractivity contribution is 6.13. The molecule has 1 aliphatic carbocycles. The van der Waals surface area contributed by atoms with Gasteiger partial charge in [-0.3, -0.25) is 4.99 Å². The molecule has 0 atom stereocenters. The van der Waals surface area contributed by atoms with E-state index in [1.807, 2.05) is 25.4 Å². The first kappa shape index (κ1) is 21.4. The average molecular weight is 458 g/mol. The lowest BCUT2D eigenvalue weighted by atomic mass is 9.82. The summed E-state index contributed by atoms with van der Waals surface area (Å²) in [7, 11) is 3.83. The second kappa shape index (κ2) is 7.67. The van der Waals surface area contributed by atoms with Gasteiger partial charge in [-0.2, -0.15) is 0 Å². The van der Waals surface area contributed by atoms with Gasteiger partial charge in [0, 0.05) is 35.1 Å². The predicted molar refractivity (Wildman–Crippen MR) is 146 cm³/mol. The summed E-state index contributed by atoms with van der Waals surface area (Å²) in [6.07, 6.45) is 12.0. The largest absolute Gasteiger partial charge is 0.309 e. The van der Waals surface area contributed by atoms with Gasteiger partial charge >= 0.3 is 0 Å². The van der Waals surface area contributed by atoms with E-state index in [4.69, 9.17) is 0 Å². The molecule has 35 heavy (non-hydrogen) atoms. The maximum atomic E-state index is 4.19. The molecule has 4 heteroatoms. The van der Waals surface area contributed by atoms with Crippen molar-refractivity contribution >= 4 is 33.7 Å². The highest BCUT2D eigenvalue weighted by atomic mass is 15.1. The van der Waals surface area contributed by atoms with Gasteiger partial charge in [-0.1, -0.05) is 44.7 Å². The molecule has 2 aromatic heterocycles. The Morgan fingerprint density at radius 3 is 2.51 bits per heavy atom. The quantitative estimate of drug-likeness (QED) is 0.169. The summed E-state index contributed by atoms with van der Waals surface area (Å²) in [5.74, 6) is 0. The fourth-order valence-electron chi connectivity index (χ4n) is 5.63. The van der Waals surface area contributed by atoms with Crippen molar-refractivity contribution in [2.75, 3.05) is 7.05 Å². The third kappa shape index (κ3) is 3.06. The summed E-state index contributed by atoms with van der Waals surface area (Å²) in [5.41, 5.74) is 9.83. The Morgan fingerprint density at radius 1 is 0.971 bits per heavy atom. The van der Waals surface area contributed by atoms with E-state index in [1.54, 1.807) is 7.05 Å². The summed E-state index contributed by atoms with van der Waals surface area (Å²) >= 11 is 0. The van der Waals surface area contributed by atoms with Gasteiger partial charge in [-0.25, -0.2) is 9.13 Å². The van der Waals surface area contributed by atoms with Crippen LogP contribution in [0.25, 0.3) is 44.3 Å². The number of nitrogens with zero attached hydrogens (tertiary/aromatic N) is 4. The molecule has 4 nitrogen and oxygen atoms in total. The normalized spacial score (nSPS) is 14.7. The average Bonchev–Trinajstić information content (AvgIpc) is 3.50. The van der Waals surface area contributed by atoms with E-state index in [9.17, 15) is 0 Å². The van der Waals surface area contributed by atoms with Crippen LogP contribution in [-0.4, -0.2) is 22.4 Å². The van der Waals surface area contributed by atoms with Crippen LogP contribution in [0.15, 0.2) is 97.0 Å². The molecule has 5 aromatic rings. The molecule has 0 fully saturated rings. The second-order valence-electron chi connectivity index (χ2n) is 9.81. The van der Waals surface area contributed by atoms with Crippen LogP contribution in [0.5, 0.6) is 0 Å². The van der Waals surface area contributed by atoms with Crippen molar-refractivity contribution in [1.29, 1.82) is 0 Å². The molecule has 2 heterocycles. The fourth-order valence-corrected chi connectivity index (χ4v) is 5.63. The van der Waals surface area contributed by atoms with Crippen LogP contribution in [0.2, 0.25) is 0 Å². The van der Waals surface area contributed by atoms with E-state index in [1.165, 1.54) is 38.5 Å². The third-order valence-electron chi connectivity index (χ3n) is 7.38. The summed E-state index contributed by atoms with van der Waals surface area (Å²) in [5, 5.41) is 2.46. The number of hydrogen-bond donors (Lipinski definition) is 0. The molecule has 0 radical (unpaired) electrons. The van der Waals surface area contributed by atoms with Crippen molar-refractivity contribution in [2.45, 2.75) is 19.3 Å². The Bertz CT molecular complexity index is 1710. The van der Waals surface area contributed by atoms with Crippen LogP contribution < -0.4 is 4.57 Å². The van der Waals surface area contributed by atoms with E-state index < -0.39 is 0 Å². The van der Waals surface area contributed by atoms with Crippen molar-refractivity contribution in [3.63, 3.8) is 0 Å². The van der Waals surface area contributed by atoms with Crippen molar-refractivity contribution in [3.05, 3.63) is 103 Å². The number of imidazole rings is 1. The zero-order chi connectivity index (χ0) is 24.3. The highest BCUT2D eigenvalue weighted by Crippen LogP contribution is 2.51. The van der Waals surface area contributed by atoms with E-state index in [2.05, 4.69) is 112 Å². The smallest absolute Gasteiger partial charge is 0.248 e. The Balaban J connectivity index is 1.73. The Hall–Kier alpha value is -4.18. The van der Waals surface area contributed by atoms with Crippen LogP contribution in [0.4, 0.5) is 0 Å². The van der Waals surface area contributed by atoms with E-state index >= 15 is 0 Å². The molecule has 0 spiro atoms. The van der Waals surface area contributed by atoms with E-state index in [0.29, 0.717) is 0 Å². The minimum Gasteiger partial charge on any atom is -0.309 e. The lowest BCUT2D eigenvalue weighted by Crippen LogP contribution is -2.23. The molecule has 0 bridgehead atoms. The number of aryl methyl sites for hydroxylation is 1. The van der Waals surface area contributed by atoms with Gasteiger partial charge < -0.3 is 4.57 Å². The standard InChI is InChI=1S/C31H29N4/c1-6-21(13-14-32-4)35-29-12-11-22(34-16-15-33(5)20-34)17-25(29)26-18-24-23-9-7-8-10-27(23)31(2,3)28(24)19-30(26)35/h6-20H,1H2,2-5H3/q+1/b21-13+,32-14?. The number of rotatable bonds is 4. The summed E-state index contributed by atoms with van der Waals surface area (Å²) in [6.45, 7) is 8.78. The number of aliphatic imine (C=N–C) groups is 1. The van der Waals surface area contributed by atoms with Crippen molar-refractivity contribution in [3.8, 4) is 16.8 Å². The van der Waals surface area contributed by atoms with Crippen LogP contribution >= 0.6 is 0 Å². The molecular weight excluding hydrogens is 428 g/mol. The van der Waals surface area contributed by atoms with Gasteiger partial charge in [0.15, 0.2) is 0 Å². The van der Waals surface area contributed by atoms with Crippen LogP contribution in [0.1, 0.15) is 25.0 Å². The summed E-state index contributed by atoms with van der Waals surface area (Å²) in [4.78, 5) is 4.19. The topological polar surface area (TPSA) is 26.1 Å². The van der Waals surface area contributed by atoms with Crippen molar-refractivity contribution < 1.29 is 4.57 Å². The first-order valence-electron chi connectivity index (χ1n) is 12.0. The molecule has 0 saturated carbocycles. The Kier molecular flexibility index (Phi) is 4.68. The maximum Gasteiger partial charge on any atom is 0.248 e. The molecule has 0 unspecified atom stereocenters. The van der Waals surface area contributed by atoms with Gasteiger partial charge in [-0.05, 0) is 64.7 Å². The lowest BCUT2D eigenvalue weighted by molar-refractivity contribution is -0.670. The number of benzene rings is 3. The lowest BCUT2D eigenvalue weighted by Gasteiger charge is -2.21. The molecular formula is C31H29N4+. The SMILES string of the molecule is C=C/C(=C\C=NC)n1c2ccc(-n3cc[n+](C)c3)cc2c2cc3c(cc21)C(C)(C)c1ccccc1-3. The molecule has 0 aliphatic heterocycles. The number of fused-ring (bicyclic) bond motifs is 6. The van der Waals surface area contributed by atoms with Crippen molar-refractivity contribution in [2.24, 2.45) is 12.0 Å². The van der Waals surface area contributed by atoms with Crippen LogP contribution in [0.3, 0.4) is 0 Å². The van der Waals surface area contributed by atoms with Crippen LogP contribution in [0, 0.1) is 0 Å². The van der Waals surface area contributed by atoms with Gasteiger partial charge in [-0.15, -0.1) is 0 Å². The molecule has 6 rings (SSSR count). The summed E-state index contributed by atoms with van der Waals surface area (Å²) in [6, 6.07) is 20.3. The highest BCUT2D eigenvalue weighted by Gasteiger charge is 2.36. The van der Waals surface area contributed by atoms with Gasteiger partial charge in [0.1, 0.15) is 18.1 Å². The maximum absolute atomic E-state index is 4.19. The van der Waals surface area contributed by atoms with E-state index in [0.717, 1.165) is 16.9 Å². The van der Waals surface area contributed by atoms with Gasteiger partial charge in [0.2, 0.25) is 6.33 Å². The Morgan fingerprint density at radius 2 is 1.77 bits per heavy atom. The first-order valence-corrected chi connectivity index (χ1v) is 12.0. The van der Waals surface area contributed by atoms with Gasteiger partial charge in [0.05, 0.1) is 18.1 Å². The second-order valence-corrected chi connectivity index (χ2v) is 9.81. The zero-order valence-electron chi connectivity index (χ0n) is 20.7. The Labute approximate surface area is 205 Å². The zero-order valence-corrected chi connectivity index (χ0v) is 20.7. The van der Waals surface area contributed by atoms with Crippen LogP contribution in [-0.2, 0) is 12.5 Å². The third-order valence-corrected chi connectivity index (χ3v) is 7.38.